The largest absolute Gasteiger partial charge is 0.465 e. The van der Waals surface area contributed by atoms with Gasteiger partial charge in [-0.15, -0.1) is 0 Å². The molecule has 1 amide bonds. The van der Waals surface area contributed by atoms with Crippen LogP contribution >= 0.6 is 0 Å². The number of hydrogen-bond donors (Lipinski definition) is 1. The monoisotopic (exact) mass is 446 g/mol. The van der Waals surface area contributed by atoms with Gasteiger partial charge in [-0.1, -0.05) is 19.1 Å². The summed E-state index contributed by atoms with van der Waals surface area (Å²) in [7, 11) is 0. The number of nitrogens with zero attached hydrogens (tertiary/aromatic N) is 4. The number of halogens is 2. The van der Waals surface area contributed by atoms with Crippen molar-refractivity contribution in [1.29, 1.82) is 0 Å². The highest BCUT2D eigenvalue weighted by atomic mass is 19.3. The fourth-order valence-corrected chi connectivity index (χ4v) is 5.21. The molecule has 1 atom stereocenters. The summed E-state index contributed by atoms with van der Waals surface area (Å²) in [5, 5.41) is 14.6. The normalized spacial score (nSPS) is 21.6. The Kier molecular flexibility index (Phi) is 5.53. The quantitative estimate of drug-likeness (QED) is 0.730. The van der Waals surface area contributed by atoms with Crippen molar-refractivity contribution in [2.75, 3.05) is 31.2 Å². The highest BCUT2D eigenvalue weighted by Crippen LogP contribution is 2.43. The van der Waals surface area contributed by atoms with Crippen LogP contribution in [0.5, 0.6) is 0 Å². The SMILES string of the molecule is CC1CCN(c2nn(C3CCOCC3)c3c2CN(C(=O)O)CC3)c2cc(C(F)F)ccc21. The maximum atomic E-state index is 13.5. The number of carbonyl (C=O) groups is 1. The molecule has 172 valence electrons. The van der Waals surface area contributed by atoms with E-state index in [1.807, 2.05) is 4.90 Å². The van der Waals surface area contributed by atoms with Crippen molar-refractivity contribution < 1.29 is 23.4 Å². The van der Waals surface area contributed by atoms with Crippen molar-refractivity contribution in [3.8, 4) is 0 Å². The van der Waals surface area contributed by atoms with Gasteiger partial charge < -0.3 is 19.6 Å². The molecule has 3 aliphatic heterocycles. The zero-order chi connectivity index (χ0) is 22.4. The number of carboxylic acid groups (broad SMARTS) is 1. The van der Waals surface area contributed by atoms with E-state index in [1.54, 1.807) is 12.1 Å². The van der Waals surface area contributed by atoms with Crippen LogP contribution in [0.15, 0.2) is 18.2 Å². The molecule has 4 heterocycles. The first-order chi connectivity index (χ1) is 15.4. The van der Waals surface area contributed by atoms with E-state index >= 15 is 0 Å². The third kappa shape index (κ3) is 3.62. The molecule has 0 saturated carbocycles. The number of anilines is 2. The molecule has 0 spiro atoms. The predicted octanol–water partition coefficient (Wildman–Crippen LogP) is 4.85. The lowest BCUT2D eigenvalue weighted by molar-refractivity contribution is 0.0650. The van der Waals surface area contributed by atoms with Crippen LogP contribution in [0, 0.1) is 0 Å². The second-order valence-corrected chi connectivity index (χ2v) is 8.95. The van der Waals surface area contributed by atoms with Crippen LogP contribution < -0.4 is 4.90 Å². The van der Waals surface area contributed by atoms with Crippen LogP contribution in [-0.4, -0.2) is 52.2 Å². The zero-order valence-corrected chi connectivity index (χ0v) is 18.1. The standard InChI is InChI=1S/C23H28F2N4O3/c1-14-4-9-28(20-12-15(21(24)25)2-3-17(14)20)22-18-13-27(23(30)31)8-5-19(18)29(26-22)16-6-10-32-11-7-16/h2-3,12,14,16,21H,4-11,13H2,1H3,(H,30,31). The van der Waals surface area contributed by atoms with Gasteiger partial charge >= 0.3 is 6.09 Å². The Hall–Kier alpha value is -2.68. The topological polar surface area (TPSA) is 70.8 Å². The van der Waals surface area contributed by atoms with Gasteiger partial charge in [0.15, 0.2) is 5.82 Å². The lowest BCUT2D eigenvalue weighted by Crippen LogP contribution is -2.36. The highest BCUT2D eigenvalue weighted by Gasteiger charge is 2.35. The Bertz CT molecular complexity index is 1020. The first-order valence-corrected chi connectivity index (χ1v) is 11.3. The molecule has 0 aliphatic carbocycles. The number of hydrogen-bond acceptors (Lipinski definition) is 4. The smallest absolute Gasteiger partial charge is 0.407 e. The van der Waals surface area contributed by atoms with Crippen molar-refractivity contribution in [2.45, 2.75) is 57.5 Å². The molecule has 0 bridgehead atoms. The molecule has 1 saturated heterocycles. The summed E-state index contributed by atoms with van der Waals surface area (Å²) in [6, 6.07) is 5.09. The summed E-state index contributed by atoms with van der Waals surface area (Å²) < 4.78 is 34.6. The molecule has 2 aromatic rings. The van der Waals surface area contributed by atoms with Crippen LogP contribution in [0.4, 0.5) is 25.1 Å². The first kappa shape index (κ1) is 21.2. The number of fused-ring (bicyclic) bond motifs is 2. The van der Waals surface area contributed by atoms with Crippen LogP contribution in [0.1, 0.15) is 67.0 Å². The molecule has 0 radical (unpaired) electrons. The van der Waals surface area contributed by atoms with E-state index in [1.165, 1.54) is 11.0 Å². The molecule has 1 fully saturated rings. The molecule has 1 unspecified atom stereocenters. The van der Waals surface area contributed by atoms with E-state index in [0.29, 0.717) is 38.5 Å². The Labute approximate surface area is 185 Å². The van der Waals surface area contributed by atoms with Crippen molar-refractivity contribution in [3.63, 3.8) is 0 Å². The molecule has 5 rings (SSSR count). The second kappa shape index (κ2) is 8.35. The summed E-state index contributed by atoms with van der Waals surface area (Å²) in [4.78, 5) is 15.1. The number of aromatic nitrogens is 2. The predicted molar refractivity (Wildman–Crippen MR) is 115 cm³/mol. The maximum Gasteiger partial charge on any atom is 0.407 e. The molecular weight excluding hydrogens is 418 g/mol. The fraction of sp³-hybridized carbons (Fsp3) is 0.565. The van der Waals surface area contributed by atoms with E-state index in [4.69, 9.17) is 9.84 Å². The Morgan fingerprint density at radius 3 is 2.72 bits per heavy atom. The lowest BCUT2D eigenvalue weighted by atomic mass is 9.90. The Morgan fingerprint density at radius 2 is 2.00 bits per heavy atom. The van der Waals surface area contributed by atoms with Gasteiger partial charge in [0.1, 0.15) is 0 Å². The van der Waals surface area contributed by atoms with Gasteiger partial charge in [-0.25, -0.2) is 13.6 Å². The molecule has 7 nitrogen and oxygen atoms in total. The number of amides is 1. The minimum absolute atomic E-state index is 0.00672. The van der Waals surface area contributed by atoms with Crippen LogP contribution in [0.2, 0.25) is 0 Å². The first-order valence-electron chi connectivity index (χ1n) is 11.3. The second-order valence-electron chi connectivity index (χ2n) is 8.95. The third-order valence-electron chi connectivity index (χ3n) is 7.04. The van der Waals surface area contributed by atoms with Crippen molar-refractivity contribution >= 4 is 17.6 Å². The summed E-state index contributed by atoms with van der Waals surface area (Å²) in [6.45, 7) is 4.82. The number of ether oxygens (including phenoxy) is 1. The van der Waals surface area contributed by atoms with Gasteiger partial charge in [0, 0.05) is 55.2 Å². The average Bonchev–Trinajstić information content (AvgIpc) is 3.18. The van der Waals surface area contributed by atoms with Crippen molar-refractivity contribution in [2.24, 2.45) is 0 Å². The van der Waals surface area contributed by atoms with E-state index in [2.05, 4.69) is 11.6 Å². The van der Waals surface area contributed by atoms with Gasteiger partial charge in [0.25, 0.3) is 6.43 Å². The molecule has 32 heavy (non-hydrogen) atoms. The van der Waals surface area contributed by atoms with Crippen molar-refractivity contribution in [3.05, 3.63) is 40.6 Å². The van der Waals surface area contributed by atoms with Gasteiger partial charge in [-0.05, 0) is 36.8 Å². The Balaban J connectivity index is 1.62. The Morgan fingerprint density at radius 1 is 1.22 bits per heavy atom. The molecule has 1 N–H and O–H groups in total. The number of alkyl halides is 2. The summed E-state index contributed by atoms with van der Waals surface area (Å²) >= 11 is 0. The number of benzene rings is 1. The van der Waals surface area contributed by atoms with E-state index in [9.17, 15) is 18.7 Å². The minimum Gasteiger partial charge on any atom is -0.465 e. The van der Waals surface area contributed by atoms with E-state index < -0.39 is 12.5 Å². The van der Waals surface area contributed by atoms with E-state index in [0.717, 1.165) is 41.8 Å². The molecule has 1 aromatic carbocycles. The molecule has 3 aliphatic rings. The maximum absolute atomic E-state index is 13.5. The van der Waals surface area contributed by atoms with Crippen LogP contribution in [0.3, 0.4) is 0 Å². The zero-order valence-electron chi connectivity index (χ0n) is 18.1. The fourth-order valence-electron chi connectivity index (χ4n) is 5.21. The third-order valence-corrected chi connectivity index (χ3v) is 7.04. The summed E-state index contributed by atoms with van der Waals surface area (Å²) in [5.74, 6) is 0.967. The number of rotatable bonds is 3. The van der Waals surface area contributed by atoms with Crippen molar-refractivity contribution in [1.82, 2.24) is 14.7 Å². The van der Waals surface area contributed by atoms with E-state index in [-0.39, 0.29) is 24.1 Å². The molecule has 1 aromatic heterocycles. The average molecular weight is 446 g/mol. The van der Waals surface area contributed by atoms with Gasteiger partial charge in [0.05, 0.1) is 12.6 Å². The highest BCUT2D eigenvalue weighted by molar-refractivity contribution is 5.71. The minimum atomic E-state index is -2.55. The molecule has 9 heteroatoms. The van der Waals surface area contributed by atoms with Gasteiger partial charge in [-0.2, -0.15) is 5.10 Å². The lowest BCUT2D eigenvalue weighted by Gasteiger charge is -2.35. The summed E-state index contributed by atoms with van der Waals surface area (Å²) in [6.07, 6.45) is -0.301. The van der Waals surface area contributed by atoms with Gasteiger partial charge in [0.2, 0.25) is 0 Å². The van der Waals surface area contributed by atoms with Crippen LogP contribution in [-0.2, 0) is 17.7 Å². The van der Waals surface area contributed by atoms with Gasteiger partial charge in [-0.3, -0.25) is 4.68 Å². The molecular formula is C23H28F2N4O3. The summed E-state index contributed by atoms with van der Waals surface area (Å²) in [5.41, 5.74) is 3.74. The van der Waals surface area contributed by atoms with Crippen LogP contribution in [0.25, 0.3) is 0 Å².